The van der Waals surface area contributed by atoms with Crippen molar-refractivity contribution in [3.8, 4) is 0 Å². The lowest BCUT2D eigenvalue weighted by atomic mass is 9.93. The zero-order valence-electron chi connectivity index (χ0n) is 11.3. The van der Waals surface area contributed by atoms with Crippen molar-refractivity contribution >= 4 is 5.97 Å². The van der Waals surface area contributed by atoms with E-state index >= 15 is 0 Å². The average Bonchev–Trinajstić information content (AvgIpc) is 2.29. The Morgan fingerprint density at radius 1 is 1.53 bits per heavy atom. The molecule has 0 spiro atoms. The Morgan fingerprint density at radius 3 is 2.76 bits per heavy atom. The molecule has 1 saturated heterocycles. The SMILES string of the molecule is CCOC(=O)CC1(OC)CCCC(C(C)C)O1. The summed E-state index contributed by atoms with van der Waals surface area (Å²) in [5.74, 6) is -0.592. The molecule has 0 saturated carbocycles. The van der Waals surface area contributed by atoms with E-state index < -0.39 is 5.79 Å². The van der Waals surface area contributed by atoms with Crippen LogP contribution in [0.4, 0.5) is 0 Å². The average molecular weight is 244 g/mol. The summed E-state index contributed by atoms with van der Waals surface area (Å²) < 4.78 is 16.4. The van der Waals surface area contributed by atoms with Crippen LogP contribution in [0.25, 0.3) is 0 Å². The first kappa shape index (κ1) is 14.5. The number of ether oxygens (including phenoxy) is 3. The molecule has 0 bridgehead atoms. The van der Waals surface area contributed by atoms with Crippen LogP contribution in [0.15, 0.2) is 0 Å². The first-order valence-corrected chi connectivity index (χ1v) is 6.41. The van der Waals surface area contributed by atoms with Gasteiger partial charge < -0.3 is 14.2 Å². The Morgan fingerprint density at radius 2 is 2.24 bits per heavy atom. The highest BCUT2D eigenvalue weighted by Gasteiger charge is 2.40. The molecule has 0 amide bonds. The molecule has 1 aliphatic heterocycles. The minimum absolute atomic E-state index is 0.165. The summed E-state index contributed by atoms with van der Waals surface area (Å²) in [7, 11) is 1.60. The van der Waals surface area contributed by atoms with Gasteiger partial charge in [0.2, 0.25) is 0 Å². The van der Waals surface area contributed by atoms with E-state index in [1.54, 1.807) is 14.0 Å². The number of methoxy groups -OCH3 is 1. The predicted octanol–water partition coefficient (Wildman–Crippen LogP) is 2.51. The van der Waals surface area contributed by atoms with E-state index in [1.165, 1.54) is 0 Å². The Kier molecular flexibility index (Phi) is 5.40. The van der Waals surface area contributed by atoms with Crippen LogP contribution < -0.4 is 0 Å². The van der Waals surface area contributed by atoms with E-state index in [9.17, 15) is 4.79 Å². The van der Waals surface area contributed by atoms with Crippen LogP contribution in [0.1, 0.15) is 46.5 Å². The zero-order chi connectivity index (χ0) is 12.9. The van der Waals surface area contributed by atoms with Crippen LogP contribution in [0, 0.1) is 5.92 Å². The number of rotatable bonds is 5. The summed E-state index contributed by atoms with van der Waals surface area (Å²) in [6.07, 6.45) is 3.16. The van der Waals surface area contributed by atoms with E-state index in [1.807, 2.05) is 0 Å². The Balaban J connectivity index is 2.63. The maximum atomic E-state index is 11.6. The van der Waals surface area contributed by atoms with Crippen molar-refractivity contribution in [3.05, 3.63) is 0 Å². The molecule has 0 aromatic heterocycles. The van der Waals surface area contributed by atoms with Gasteiger partial charge in [0.15, 0.2) is 5.79 Å². The molecule has 4 nitrogen and oxygen atoms in total. The Bertz CT molecular complexity index is 252. The largest absolute Gasteiger partial charge is 0.466 e. The van der Waals surface area contributed by atoms with Gasteiger partial charge in [0, 0.05) is 13.5 Å². The predicted molar refractivity (Wildman–Crippen MR) is 64.6 cm³/mol. The van der Waals surface area contributed by atoms with Gasteiger partial charge >= 0.3 is 5.97 Å². The van der Waals surface area contributed by atoms with Crippen LogP contribution in [0.2, 0.25) is 0 Å². The highest BCUT2D eigenvalue weighted by molar-refractivity contribution is 5.70. The molecule has 1 heterocycles. The van der Waals surface area contributed by atoms with Gasteiger partial charge in [0.1, 0.15) is 0 Å². The van der Waals surface area contributed by atoms with Gasteiger partial charge in [-0.05, 0) is 25.7 Å². The van der Waals surface area contributed by atoms with Crippen LogP contribution in [0.5, 0.6) is 0 Å². The van der Waals surface area contributed by atoms with Crippen molar-refractivity contribution in [2.24, 2.45) is 5.92 Å². The lowest BCUT2D eigenvalue weighted by Gasteiger charge is -2.41. The molecule has 2 atom stereocenters. The standard InChI is InChI=1S/C13H24O4/c1-5-16-12(14)9-13(15-4)8-6-7-11(17-13)10(2)3/h10-11H,5-9H2,1-4H3. The topological polar surface area (TPSA) is 44.8 Å². The van der Waals surface area contributed by atoms with Crippen molar-refractivity contribution < 1.29 is 19.0 Å². The number of hydrogen-bond acceptors (Lipinski definition) is 4. The third-order valence-electron chi connectivity index (χ3n) is 3.25. The van der Waals surface area contributed by atoms with Crippen LogP contribution in [-0.2, 0) is 19.0 Å². The third-order valence-corrected chi connectivity index (χ3v) is 3.25. The maximum Gasteiger partial charge on any atom is 0.311 e. The minimum atomic E-state index is -0.778. The first-order chi connectivity index (χ1) is 8.03. The molecular weight excluding hydrogens is 220 g/mol. The van der Waals surface area contributed by atoms with E-state index in [4.69, 9.17) is 14.2 Å². The van der Waals surface area contributed by atoms with E-state index in [0.29, 0.717) is 12.5 Å². The van der Waals surface area contributed by atoms with Crippen LogP contribution in [-0.4, -0.2) is 31.6 Å². The van der Waals surface area contributed by atoms with E-state index in [-0.39, 0.29) is 18.5 Å². The summed E-state index contributed by atoms with van der Waals surface area (Å²) in [5.41, 5.74) is 0. The number of carbonyl (C=O) groups is 1. The smallest absolute Gasteiger partial charge is 0.311 e. The molecule has 0 aromatic rings. The first-order valence-electron chi connectivity index (χ1n) is 6.41. The number of carbonyl (C=O) groups excluding carboxylic acids is 1. The fourth-order valence-electron chi connectivity index (χ4n) is 2.22. The molecule has 0 radical (unpaired) electrons. The molecule has 1 aliphatic rings. The third kappa shape index (κ3) is 3.96. The van der Waals surface area contributed by atoms with Gasteiger partial charge in [-0.15, -0.1) is 0 Å². The normalized spacial score (nSPS) is 29.4. The molecule has 17 heavy (non-hydrogen) atoms. The van der Waals surface area contributed by atoms with E-state index in [2.05, 4.69) is 13.8 Å². The van der Waals surface area contributed by atoms with Gasteiger partial charge in [-0.2, -0.15) is 0 Å². The molecule has 0 aliphatic carbocycles. The van der Waals surface area contributed by atoms with Gasteiger partial charge in [-0.3, -0.25) is 4.79 Å². The van der Waals surface area contributed by atoms with Crippen molar-refractivity contribution in [3.63, 3.8) is 0 Å². The summed E-state index contributed by atoms with van der Waals surface area (Å²) in [5, 5.41) is 0. The van der Waals surface area contributed by atoms with Crippen molar-refractivity contribution in [1.29, 1.82) is 0 Å². The fourth-order valence-corrected chi connectivity index (χ4v) is 2.22. The van der Waals surface area contributed by atoms with Crippen LogP contribution >= 0.6 is 0 Å². The summed E-state index contributed by atoms with van der Waals surface area (Å²) in [6.45, 7) is 6.45. The molecular formula is C13H24O4. The molecule has 2 unspecified atom stereocenters. The van der Waals surface area contributed by atoms with Gasteiger partial charge in [-0.25, -0.2) is 0 Å². The fraction of sp³-hybridized carbons (Fsp3) is 0.923. The van der Waals surface area contributed by atoms with Gasteiger partial charge in [-0.1, -0.05) is 13.8 Å². The van der Waals surface area contributed by atoms with Crippen molar-refractivity contribution in [2.75, 3.05) is 13.7 Å². The monoisotopic (exact) mass is 244 g/mol. The van der Waals surface area contributed by atoms with Crippen LogP contribution in [0.3, 0.4) is 0 Å². The second kappa shape index (κ2) is 6.36. The van der Waals surface area contributed by atoms with Crippen molar-refractivity contribution in [1.82, 2.24) is 0 Å². The Labute approximate surface area is 104 Å². The molecule has 100 valence electrons. The summed E-state index contributed by atoms with van der Waals surface area (Å²) in [4.78, 5) is 11.6. The minimum Gasteiger partial charge on any atom is -0.466 e. The Hall–Kier alpha value is -0.610. The molecule has 1 fully saturated rings. The van der Waals surface area contributed by atoms with E-state index in [0.717, 1.165) is 19.3 Å². The maximum absolute atomic E-state index is 11.6. The lowest BCUT2D eigenvalue weighted by Crippen LogP contribution is -2.45. The quantitative estimate of drug-likeness (QED) is 0.697. The lowest BCUT2D eigenvalue weighted by molar-refractivity contribution is -0.277. The molecule has 4 heteroatoms. The van der Waals surface area contributed by atoms with Gasteiger partial charge in [0.25, 0.3) is 0 Å². The second-order valence-electron chi connectivity index (χ2n) is 4.89. The highest BCUT2D eigenvalue weighted by atomic mass is 16.7. The van der Waals surface area contributed by atoms with Crippen molar-refractivity contribution in [2.45, 2.75) is 58.3 Å². The second-order valence-corrected chi connectivity index (χ2v) is 4.89. The molecule has 1 rings (SSSR count). The number of hydrogen-bond donors (Lipinski definition) is 0. The summed E-state index contributed by atoms with van der Waals surface area (Å²) >= 11 is 0. The number of esters is 1. The summed E-state index contributed by atoms with van der Waals surface area (Å²) in [6, 6.07) is 0. The highest BCUT2D eigenvalue weighted by Crippen LogP contribution is 2.35. The van der Waals surface area contributed by atoms with Gasteiger partial charge in [0.05, 0.1) is 19.1 Å². The molecule has 0 aromatic carbocycles. The zero-order valence-corrected chi connectivity index (χ0v) is 11.3. The molecule has 0 N–H and O–H groups in total.